The van der Waals surface area contributed by atoms with E-state index in [9.17, 15) is 22.9 Å². The minimum absolute atomic E-state index is 0.0634. The van der Waals surface area contributed by atoms with Crippen molar-refractivity contribution in [2.75, 3.05) is 13.1 Å². The Morgan fingerprint density at radius 3 is 2.52 bits per heavy atom. The number of halogens is 1. The highest BCUT2D eigenvalue weighted by molar-refractivity contribution is 7.89. The minimum atomic E-state index is -3.86. The van der Waals surface area contributed by atoms with E-state index in [4.69, 9.17) is 0 Å². The van der Waals surface area contributed by atoms with E-state index in [2.05, 4.69) is 0 Å². The van der Waals surface area contributed by atoms with Gasteiger partial charge in [0.2, 0.25) is 15.8 Å². The number of nitro benzene ring substituents is 1. The molecule has 114 valence electrons. The minimum Gasteiger partial charge on any atom is -0.258 e. The van der Waals surface area contributed by atoms with Crippen LogP contribution in [0.1, 0.15) is 18.9 Å². The number of rotatable bonds is 3. The molecule has 0 saturated heterocycles. The Bertz CT molecular complexity index is 728. The maximum atomic E-state index is 13.7. The van der Waals surface area contributed by atoms with Crippen LogP contribution >= 0.6 is 0 Å². The van der Waals surface area contributed by atoms with Crippen LogP contribution < -0.4 is 0 Å². The SMILES string of the molecule is CC1=CCN(S(=O)(=O)c2cc(C)c(F)c([N+](=O)[O-])c2)CC1. The zero-order valence-electron chi connectivity index (χ0n) is 11.7. The standard InChI is InChI=1S/C13H15FN2O4S/c1-9-3-5-15(6-4-9)21(19,20)11-7-10(2)13(14)12(8-11)16(17)18/h3,7-8H,4-6H2,1-2H3. The normalized spacial score (nSPS) is 16.6. The van der Waals surface area contributed by atoms with Gasteiger partial charge in [-0.05, 0) is 31.9 Å². The van der Waals surface area contributed by atoms with Crippen LogP contribution in [-0.4, -0.2) is 30.7 Å². The number of nitrogens with zero attached hydrogens (tertiary/aromatic N) is 2. The van der Waals surface area contributed by atoms with Gasteiger partial charge in [0, 0.05) is 19.2 Å². The van der Waals surface area contributed by atoms with E-state index in [1.807, 2.05) is 6.92 Å². The summed E-state index contributed by atoms with van der Waals surface area (Å²) in [6.07, 6.45) is 2.41. The highest BCUT2D eigenvalue weighted by Crippen LogP contribution is 2.28. The molecule has 0 aliphatic carbocycles. The van der Waals surface area contributed by atoms with Crippen molar-refractivity contribution in [3.8, 4) is 0 Å². The van der Waals surface area contributed by atoms with Gasteiger partial charge in [0.1, 0.15) is 0 Å². The van der Waals surface area contributed by atoms with Crippen molar-refractivity contribution < 1.29 is 17.7 Å². The van der Waals surface area contributed by atoms with Crippen LogP contribution in [0.5, 0.6) is 0 Å². The summed E-state index contributed by atoms with van der Waals surface area (Å²) in [6, 6.07) is 1.91. The quantitative estimate of drug-likeness (QED) is 0.487. The molecule has 21 heavy (non-hydrogen) atoms. The summed E-state index contributed by atoms with van der Waals surface area (Å²) in [6.45, 7) is 3.76. The van der Waals surface area contributed by atoms with Crippen molar-refractivity contribution in [3.05, 3.63) is 45.3 Å². The zero-order valence-corrected chi connectivity index (χ0v) is 12.5. The van der Waals surface area contributed by atoms with E-state index in [0.29, 0.717) is 13.0 Å². The maximum absolute atomic E-state index is 13.7. The van der Waals surface area contributed by atoms with Crippen LogP contribution in [0.2, 0.25) is 0 Å². The topological polar surface area (TPSA) is 80.5 Å². The van der Waals surface area contributed by atoms with E-state index < -0.39 is 26.5 Å². The van der Waals surface area contributed by atoms with Crippen LogP contribution in [0, 0.1) is 22.9 Å². The monoisotopic (exact) mass is 314 g/mol. The van der Waals surface area contributed by atoms with Crippen molar-refractivity contribution in [1.29, 1.82) is 0 Å². The molecule has 0 bridgehead atoms. The molecule has 0 N–H and O–H groups in total. The summed E-state index contributed by atoms with van der Waals surface area (Å²) in [4.78, 5) is 9.66. The number of hydrogen-bond acceptors (Lipinski definition) is 4. The molecular weight excluding hydrogens is 299 g/mol. The van der Waals surface area contributed by atoms with E-state index in [-0.39, 0.29) is 17.0 Å². The van der Waals surface area contributed by atoms with Gasteiger partial charge in [-0.1, -0.05) is 11.6 Å². The van der Waals surface area contributed by atoms with Crippen molar-refractivity contribution in [2.24, 2.45) is 0 Å². The molecule has 0 saturated carbocycles. The lowest BCUT2D eigenvalue weighted by Gasteiger charge is -2.24. The molecule has 0 amide bonds. The number of aryl methyl sites for hydroxylation is 1. The Hall–Kier alpha value is -1.80. The Morgan fingerprint density at radius 1 is 1.33 bits per heavy atom. The third-order valence-corrected chi connectivity index (χ3v) is 5.29. The van der Waals surface area contributed by atoms with Gasteiger partial charge in [-0.2, -0.15) is 8.70 Å². The van der Waals surface area contributed by atoms with Gasteiger partial charge in [-0.15, -0.1) is 0 Å². The molecule has 1 aliphatic rings. The van der Waals surface area contributed by atoms with E-state index in [0.717, 1.165) is 17.7 Å². The fraction of sp³-hybridized carbons (Fsp3) is 0.385. The lowest BCUT2D eigenvalue weighted by Crippen LogP contribution is -2.34. The lowest BCUT2D eigenvalue weighted by molar-refractivity contribution is -0.387. The predicted molar refractivity (Wildman–Crippen MR) is 74.9 cm³/mol. The van der Waals surface area contributed by atoms with Crippen molar-refractivity contribution in [3.63, 3.8) is 0 Å². The van der Waals surface area contributed by atoms with Gasteiger partial charge in [0.15, 0.2) is 0 Å². The predicted octanol–water partition coefficient (Wildman–Crippen LogP) is 2.38. The molecule has 0 fully saturated rings. The molecule has 2 rings (SSSR count). The lowest BCUT2D eigenvalue weighted by atomic mass is 10.1. The van der Waals surface area contributed by atoms with E-state index >= 15 is 0 Å². The Morgan fingerprint density at radius 2 is 2.00 bits per heavy atom. The molecule has 0 spiro atoms. The number of hydrogen-bond donors (Lipinski definition) is 0. The summed E-state index contributed by atoms with van der Waals surface area (Å²) in [5.41, 5.74) is 0.214. The summed E-state index contributed by atoms with van der Waals surface area (Å²) in [7, 11) is -3.86. The van der Waals surface area contributed by atoms with Crippen LogP contribution in [0.3, 0.4) is 0 Å². The van der Waals surface area contributed by atoms with Crippen molar-refractivity contribution in [2.45, 2.75) is 25.2 Å². The van der Waals surface area contributed by atoms with Crippen molar-refractivity contribution >= 4 is 15.7 Å². The summed E-state index contributed by atoms with van der Waals surface area (Å²) >= 11 is 0. The van der Waals surface area contributed by atoms with Gasteiger partial charge < -0.3 is 0 Å². The van der Waals surface area contributed by atoms with Crippen LogP contribution in [-0.2, 0) is 10.0 Å². The molecule has 0 atom stereocenters. The molecule has 1 heterocycles. The molecule has 0 aromatic heterocycles. The van der Waals surface area contributed by atoms with E-state index in [1.54, 1.807) is 6.08 Å². The molecule has 1 aliphatic heterocycles. The highest BCUT2D eigenvalue weighted by atomic mass is 32.2. The van der Waals surface area contributed by atoms with E-state index in [1.165, 1.54) is 11.2 Å². The molecule has 1 aromatic carbocycles. The fourth-order valence-corrected chi connectivity index (χ4v) is 3.61. The number of benzene rings is 1. The fourth-order valence-electron chi connectivity index (χ4n) is 2.12. The molecule has 6 nitrogen and oxygen atoms in total. The molecular formula is C13H15FN2O4S. The van der Waals surface area contributed by atoms with Crippen LogP contribution in [0.4, 0.5) is 10.1 Å². The first-order valence-electron chi connectivity index (χ1n) is 6.34. The summed E-state index contributed by atoms with van der Waals surface area (Å²) in [5, 5.41) is 10.8. The zero-order chi connectivity index (χ0) is 15.8. The number of nitro groups is 1. The molecule has 8 heteroatoms. The smallest absolute Gasteiger partial charge is 0.258 e. The van der Waals surface area contributed by atoms with Gasteiger partial charge in [0.05, 0.1) is 9.82 Å². The second-order valence-electron chi connectivity index (χ2n) is 4.99. The van der Waals surface area contributed by atoms with Gasteiger partial charge in [-0.3, -0.25) is 10.1 Å². The Labute approximate surface area is 122 Å². The first kappa shape index (κ1) is 15.6. The van der Waals surface area contributed by atoms with Crippen LogP contribution in [0.25, 0.3) is 0 Å². The van der Waals surface area contributed by atoms with Crippen molar-refractivity contribution in [1.82, 2.24) is 4.31 Å². The second kappa shape index (κ2) is 5.53. The molecule has 0 unspecified atom stereocenters. The molecule has 1 aromatic rings. The van der Waals surface area contributed by atoms with Gasteiger partial charge >= 0.3 is 5.69 Å². The second-order valence-corrected chi connectivity index (χ2v) is 6.93. The molecule has 0 radical (unpaired) electrons. The maximum Gasteiger partial charge on any atom is 0.306 e. The average molecular weight is 314 g/mol. The van der Waals surface area contributed by atoms with Gasteiger partial charge in [-0.25, -0.2) is 8.42 Å². The first-order valence-corrected chi connectivity index (χ1v) is 7.78. The third kappa shape index (κ3) is 2.96. The largest absolute Gasteiger partial charge is 0.306 e. The average Bonchev–Trinajstić information content (AvgIpc) is 2.41. The Balaban J connectivity index is 2.48. The Kier molecular flexibility index (Phi) is 4.11. The third-order valence-electron chi connectivity index (χ3n) is 3.44. The van der Waals surface area contributed by atoms with Crippen LogP contribution in [0.15, 0.2) is 28.7 Å². The summed E-state index contributed by atoms with van der Waals surface area (Å²) < 4.78 is 39.9. The van der Waals surface area contributed by atoms with Gasteiger partial charge in [0.25, 0.3) is 0 Å². The highest BCUT2D eigenvalue weighted by Gasteiger charge is 2.29. The first-order chi connectivity index (χ1) is 9.73. The number of sulfonamides is 1. The summed E-state index contributed by atoms with van der Waals surface area (Å²) in [5.74, 6) is -1.01.